The third kappa shape index (κ3) is 8.29. The first-order valence-corrected chi connectivity index (χ1v) is 17.7. The number of esters is 2. The van der Waals surface area contributed by atoms with Crippen molar-refractivity contribution < 1.29 is 47.3 Å². The zero-order chi connectivity index (χ0) is 33.0. The van der Waals surface area contributed by atoms with Crippen molar-refractivity contribution in [2.75, 3.05) is 6.61 Å². The van der Waals surface area contributed by atoms with Crippen LogP contribution in [0.3, 0.4) is 0 Å². The van der Waals surface area contributed by atoms with Crippen LogP contribution in [0.15, 0.2) is 41.5 Å². The lowest BCUT2D eigenvalue weighted by atomic mass is 9.94. The van der Waals surface area contributed by atoms with E-state index in [-0.39, 0.29) is 48.0 Å². The van der Waals surface area contributed by atoms with Crippen molar-refractivity contribution in [1.29, 1.82) is 0 Å². The summed E-state index contributed by atoms with van der Waals surface area (Å²) < 4.78 is 30.8. The maximum absolute atomic E-state index is 13.5. The number of rotatable bonds is 12. The molecule has 0 radical (unpaired) electrons. The lowest BCUT2D eigenvalue weighted by Crippen LogP contribution is -2.69. The maximum atomic E-state index is 13.5. The van der Waals surface area contributed by atoms with Gasteiger partial charge in [-0.15, -0.1) is 0 Å². The van der Waals surface area contributed by atoms with Crippen molar-refractivity contribution in [1.82, 2.24) is 4.90 Å². The molecular formula is C32H45NO10Si. The molecule has 44 heavy (non-hydrogen) atoms. The summed E-state index contributed by atoms with van der Waals surface area (Å²) in [6.45, 7) is 15.8. The van der Waals surface area contributed by atoms with Gasteiger partial charge in [-0.25, -0.2) is 0 Å². The molecule has 0 bridgehead atoms. The number of benzene rings is 1. The average Bonchev–Trinajstić information content (AvgIpc) is 3.11. The summed E-state index contributed by atoms with van der Waals surface area (Å²) in [5, 5.41) is -0.302. The minimum absolute atomic E-state index is 0.0696. The van der Waals surface area contributed by atoms with Gasteiger partial charge < -0.3 is 28.2 Å². The van der Waals surface area contributed by atoms with Gasteiger partial charge in [-0.2, -0.15) is 0 Å². The number of hydrogen-bond acceptors (Lipinski definition) is 10. The molecule has 242 valence electrons. The monoisotopic (exact) mass is 631 g/mol. The fourth-order valence-corrected chi connectivity index (χ4v) is 5.86. The van der Waals surface area contributed by atoms with Gasteiger partial charge >= 0.3 is 11.9 Å². The van der Waals surface area contributed by atoms with Gasteiger partial charge in [0.2, 0.25) is 0 Å². The molecule has 2 amide bonds. The highest BCUT2D eigenvalue weighted by atomic mass is 28.4. The Bertz CT molecular complexity index is 1260. The molecule has 2 aliphatic rings. The lowest BCUT2D eigenvalue weighted by Gasteiger charge is -2.50. The van der Waals surface area contributed by atoms with E-state index in [2.05, 4.69) is 0 Å². The number of ether oxygens (including phenoxy) is 4. The van der Waals surface area contributed by atoms with Crippen LogP contribution in [0.4, 0.5) is 0 Å². The maximum Gasteiger partial charge on any atom is 0.306 e. The molecule has 0 spiro atoms. The van der Waals surface area contributed by atoms with E-state index in [9.17, 15) is 24.0 Å². The zero-order valence-corrected chi connectivity index (χ0v) is 28.1. The molecule has 2 heterocycles. The number of carbonyl (C=O) groups excluding carboxylic acids is 5. The highest BCUT2D eigenvalue weighted by Crippen LogP contribution is 2.41. The summed E-state index contributed by atoms with van der Waals surface area (Å²) in [4.78, 5) is 65.3. The van der Waals surface area contributed by atoms with Crippen LogP contribution < -0.4 is 0 Å². The Kier molecular flexibility index (Phi) is 11.4. The van der Waals surface area contributed by atoms with Crippen LogP contribution in [-0.2, 0) is 54.0 Å². The van der Waals surface area contributed by atoms with Crippen LogP contribution in [0.25, 0.3) is 0 Å². The Balaban J connectivity index is 2.10. The number of carbonyl (C=O) groups is 5. The highest BCUT2D eigenvalue weighted by Gasteiger charge is 2.58. The second-order valence-electron chi connectivity index (χ2n) is 12.9. The highest BCUT2D eigenvalue weighted by molar-refractivity contribution is 6.74. The van der Waals surface area contributed by atoms with E-state index in [4.69, 9.17) is 23.4 Å². The number of hydrogen-bond donors (Lipinski definition) is 0. The van der Waals surface area contributed by atoms with E-state index in [0.717, 1.165) is 10.5 Å². The predicted molar refractivity (Wildman–Crippen MR) is 162 cm³/mol. The third-order valence-electron chi connectivity index (χ3n) is 8.42. The van der Waals surface area contributed by atoms with Crippen LogP contribution in [-0.4, -0.2) is 80.0 Å². The van der Waals surface area contributed by atoms with Crippen molar-refractivity contribution in [2.45, 2.75) is 117 Å². The van der Waals surface area contributed by atoms with Crippen molar-refractivity contribution in [2.24, 2.45) is 0 Å². The quantitative estimate of drug-likeness (QED) is 0.187. The van der Waals surface area contributed by atoms with Gasteiger partial charge in [0.15, 0.2) is 26.8 Å². The fraction of sp³-hybridized carbons (Fsp3) is 0.594. The van der Waals surface area contributed by atoms with Gasteiger partial charge in [0, 0.05) is 24.5 Å². The number of imide groups is 1. The summed E-state index contributed by atoms with van der Waals surface area (Å²) in [6.07, 6.45) is -5.20. The second-order valence-corrected chi connectivity index (χ2v) is 17.6. The van der Waals surface area contributed by atoms with Crippen LogP contribution in [0.1, 0.15) is 66.9 Å². The summed E-state index contributed by atoms with van der Waals surface area (Å²) in [6, 6.07) is 8.14. The third-order valence-corrected chi connectivity index (χ3v) is 12.8. The Hall–Kier alpha value is -3.19. The van der Waals surface area contributed by atoms with Crippen molar-refractivity contribution >= 4 is 37.9 Å². The minimum atomic E-state index is -2.65. The molecular weight excluding hydrogens is 586 g/mol. The Morgan fingerprint density at radius 2 is 1.50 bits per heavy atom. The molecule has 0 N–H and O–H groups in total. The molecule has 0 aromatic heterocycles. The van der Waals surface area contributed by atoms with E-state index in [0.29, 0.717) is 0 Å². The van der Waals surface area contributed by atoms with E-state index in [1.54, 1.807) is 13.8 Å². The predicted octanol–water partition coefficient (Wildman–Crippen LogP) is 4.24. The molecule has 0 unspecified atom stereocenters. The van der Waals surface area contributed by atoms with E-state index in [1.807, 2.05) is 64.2 Å². The molecule has 11 nitrogen and oxygen atoms in total. The zero-order valence-electron chi connectivity index (χ0n) is 27.1. The molecule has 1 aromatic rings. The summed E-state index contributed by atoms with van der Waals surface area (Å²) in [7, 11) is -2.65. The molecule has 2 aliphatic heterocycles. The van der Waals surface area contributed by atoms with Crippen LogP contribution in [0, 0.1) is 0 Å². The normalized spacial score (nSPS) is 24.5. The average molecular weight is 632 g/mol. The van der Waals surface area contributed by atoms with Gasteiger partial charge in [-0.05, 0) is 44.5 Å². The largest absolute Gasteiger partial charge is 0.456 e. The molecule has 12 heteroatoms. The smallest absolute Gasteiger partial charge is 0.306 e. The molecule has 3 rings (SSSR count). The molecule has 1 fully saturated rings. The number of ketones is 1. The second kappa shape index (κ2) is 14.3. The van der Waals surface area contributed by atoms with Gasteiger partial charge in [-0.3, -0.25) is 24.1 Å². The van der Waals surface area contributed by atoms with Gasteiger partial charge in [0.1, 0.15) is 17.9 Å². The molecule has 1 aromatic carbocycles. The topological polar surface area (TPSA) is 135 Å². The number of Topliss-reactive ketones (excluding diaryl/α,β-unsaturated/α-hetero) is 1. The van der Waals surface area contributed by atoms with E-state index >= 15 is 0 Å². The molecule has 0 saturated carbocycles. The first kappa shape index (κ1) is 35.3. The van der Waals surface area contributed by atoms with E-state index in [1.165, 1.54) is 13.8 Å². The SMILES string of the molecule is CC(=O)CCC(=O)O[C@H]1[C@H](OC(C)=O)[C@@H](COCc2ccccc2)O[C@@H](O[Si](C)(C)C(C)(C)C)[C@@H]1N1C(=O)C(C)=C(C)C1=O. The summed E-state index contributed by atoms with van der Waals surface area (Å²) in [5.41, 5.74) is 1.37. The standard InChI is InChI=1S/C32H45NO10Si/c1-19(34)15-16-25(36)42-28-26(33-29(37)20(2)21(3)30(33)38)31(43-44(8,9)32(5,6)7)41-24(27(28)40-22(4)35)18-39-17-23-13-11-10-12-14-23/h10-14,24,26-28,31H,15-18H2,1-9H3/t24-,26-,27-,28-,31+/m1/s1. The fourth-order valence-electron chi connectivity index (χ4n) is 4.73. The first-order valence-electron chi connectivity index (χ1n) is 14.8. The van der Waals surface area contributed by atoms with Crippen molar-refractivity contribution in [3.8, 4) is 0 Å². The van der Waals surface area contributed by atoms with Gasteiger partial charge in [0.05, 0.1) is 19.6 Å². The first-order chi connectivity index (χ1) is 20.4. The van der Waals surface area contributed by atoms with Gasteiger partial charge in [-0.1, -0.05) is 51.1 Å². The van der Waals surface area contributed by atoms with Crippen molar-refractivity contribution in [3.63, 3.8) is 0 Å². The van der Waals surface area contributed by atoms with Crippen LogP contribution in [0.5, 0.6) is 0 Å². The molecule has 5 atom stereocenters. The number of amides is 2. The Morgan fingerprint density at radius 1 is 0.909 bits per heavy atom. The van der Waals surface area contributed by atoms with Gasteiger partial charge in [0.25, 0.3) is 11.8 Å². The summed E-state index contributed by atoms with van der Waals surface area (Å²) in [5.74, 6) is -2.84. The lowest BCUT2D eigenvalue weighted by molar-refractivity contribution is -0.273. The van der Waals surface area contributed by atoms with Crippen LogP contribution >= 0.6 is 0 Å². The minimum Gasteiger partial charge on any atom is -0.456 e. The Labute approximate surface area is 260 Å². The van der Waals surface area contributed by atoms with Crippen molar-refractivity contribution in [3.05, 3.63) is 47.0 Å². The molecule has 1 saturated heterocycles. The summed E-state index contributed by atoms with van der Waals surface area (Å²) >= 11 is 0. The van der Waals surface area contributed by atoms with Crippen LogP contribution in [0.2, 0.25) is 18.1 Å². The Morgan fingerprint density at radius 3 is 2.02 bits per heavy atom. The number of nitrogens with zero attached hydrogens (tertiary/aromatic N) is 1. The van der Waals surface area contributed by atoms with E-state index < -0.39 is 62.7 Å². The molecule has 0 aliphatic carbocycles.